The number of imide groups is 1. The first-order valence-corrected chi connectivity index (χ1v) is 6.73. The third-order valence-corrected chi connectivity index (χ3v) is 2.86. The zero-order chi connectivity index (χ0) is 17.6. The van der Waals surface area contributed by atoms with Gasteiger partial charge in [0.1, 0.15) is 31.5 Å². The van der Waals surface area contributed by atoms with Crippen LogP contribution in [0.1, 0.15) is 13.3 Å². The van der Waals surface area contributed by atoms with Crippen molar-refractivity contribution in [3.63, 3.8) is 0 Å². The number of hydrogen-bond donors (Lipinski definition) is 5. The van der Waals surface area contributed by atoms with Crippen LogP contribution in [0.5, 0.6) is 0 Å². The molecule has 1 rings (SSSR count). The average Bonchev–Trinajstić information content (AvgIpc) is 2.49. The molecule has 0 saturated carbocycles. The van der Waals surface area contributed by atoms with Gasteiger partial charge in [-0.25, -0.2) is 0 Å². The molecule has 2 amide bonds. The van der Waals surface area contributed by atoms with Gasteiger partial charge in [-0.1, -0.05) is 0 Å². The number of carbonyl (C=O) groups is 3. The van der Waals surface area contributed by atoms with Gasteiger partial charge >= 0.3 is 0 Å². The van der Waals surface area contributed by atoms with Gasteiger partial charge in [0.25, 0.3) is 5.91 Å². The third-order valence-electron chi connectivity index (χ3n) is 2.86. The highest BCUT2D eigenvalue weighted by Gasteiger charge is 2.31. The Morgan fingerprint density at radius 1 is 1.22 bits per heavy atom. The molecule has 0 fully saturated rings. The number of hydrogen-bond acceptors (Lipinski definition) is 9. The molecule has 0 aromatic rings. The van der Waals surface area contributed by atoms with E-state index < -0.39 is 49.9 Å². The zero-order valence-electron chi connectivity index (χ0n) is 12.4. The number of ether oxygens (including phenoxy) is 2. The maximum Gasteiger partial charge on any atom is 0.296 e. The van der Waals surface area contributed by atoms with Crippen LogP contribution in [0.4, 0.5) is 0 Å². The van der Waals surface area contributed by atoms with Crippen LogP contribution in [0.25, 0.3) is 0 Å². The lowest BCUT2D eigenvalue weighted by atomic mass is 10.1. The SMILES string of the molecule is CC(=O)COC1=C(OC[C@H](O)[C@H](O)[C@H](O)CO)CC(=O)NC1=O. The molecule has 5 N–H and O–H groups in total. The second kappa shape index (κ2) is 8.58. The predicted molar refractivity (Wildman–Crippen MR) is 72.5 cm³/mol. The first kappa shape index (κ1) is 19.0. The summed E-state index contributed by atoms with van der Waals surface area (Å²) in [6, 6.07) is 0. The maximum atomic E-state index is 11.7. The Balaban J connectivity index is 2.78. The number of carbonyl (C=O) groups excluding carboxylic acids is 3. The number of ketones is 1. The van der Waals surface area contributed by atoms with Crippen LogP contribution in [-0.4, -0.2) is 76.2 Å². The fourth-order valence-corrected chi connectivity index (χ4v) is 1.67. The minimum Gasteiger partial charge on any atom is -0.490 e. The highest BCUT2D eigenvalue weighted by Crippen LogP contribution is 2.18. The second-order valence-electron chi connectivity index (χ2n) is 4.92. The summed E-state index contributed by atoms with van der Waals surface area (Å²) in [6.45, 7) is -0.503. The molecule has 0 spiro atoms. The molecule has 0 radical (unpaired) electrons. The van der Waals surface area contributed by atoms with Crippen LogP contribution in [0.3, 0.4) is 0 Å². The zero-order valence-corrected chi connectivity index (χ0v) is 12.4. The number of aliphatic hydroxyl groups excluding tert-OH is 4. The Morgan fingerprint density at radius 2 is 1.87 bits per heavy atom. The van der Waals surface area contributed by atoms with Crippen molar-refractivity contribution in [3.05, 3.63) is 11.5 Å². The van der Waals surface area contributed by atoms with Gasteiger partial charge in [-0.3, -0.25) is 19.7 Å². The second-order valence-corrected chi connectivity index (χ2v) is 4.92. The third kappa shape index (κ3) is 5.60. The van der Waals surface area contributed by atoms with Gasteiger partial charge in [0.15, 0.2) is 11.5 Å². The Bertz CT molecular complexity index is 502. The minimum absolute atomic E-state index is 0.204. The van der Waals surface area contributed by atoms with Crippen molar-refractivity contribution in [2.45, 2.75) is 31.7 Å². The van der Waals surface area contributed by atoms with Gasteiger partial charge in [0.2, 0.25) is 11.7 Å². The Morgan fingerprint density at radius 3 is 2.43 bits per heavy atom. The summed E-state index contributed by atoms with van der Waals surface area (Å²) < 4.78 is 10.1. The molecule has 130 valence electrons. The number of amides is 2. The summed E-state index contributed by atoms with van der Waals surface area (Å²) in [5.74, 6) is -2.48. The molecular weight excluding hydrogens is 314 g/mol. The standard InChI is InChI=1S/C13H19NO9/c1-6(16)4-23-12-9(2-10(19)14-13(12)21)22-5-8(18)11(20)7(17)3-15/h7-8,11,15,17-18,20H,2-5H2,1H3,(H,14,19,21)/t7-,8+,11-/m1/s1. The van der Waals surface area contributed by atoms with Crippen LogP contribution in [0, 0.1) is 0 Å². The van der Waals surface area contributed by atoms with Gasteiger partial charge < -0.3 is 29.9 Å². The molecule has 0 bridgehead atoms. The number of Topliss-reactive ketones (excluding diaryl/α,β-unsaturated/α-hetero) is 1. The average molecular weight is 333 g/mol. The van der Waals surface area contributed by atoms with E-state index in [9.17, 15) is 29.7 Å². The summed E-state index contributed by atoms with van der Waals surface area (Å²) in [7, 11) is 0. The first-order valence-electron chi connectivity index (χ1n) is 6.73. The molecule has 23 heavy (non-hydrogen) atoms. The molecule has 0 aliphatic carbocycles. The monoisotopic (exact) mass is 333 g/mol. The topological polar surface area (TPSA) is 163 Å². The normalized spacial score (nSPS) is 19.0. The van der Waals surface area contributed by atoms with E-state index >= 15 is 0 Å². The van der Waals surface area contributed by atoms with Crippen molar-refractivity contribution >= 4 is 17.6 Å². The first-order chi connectivity index (χ1) is 10.8. The largest absolute Gasteiger partial charge is 0.490 e. The number of nitrogens with one attached hydrogen (secondary N) is 1. The van der Waals surface area contributed by atoms with Gasteiger partial charge in [-0.05, 0) is 6.92 Å². The molecule has 0 saturated heterocycles. The molecular formula is C13H19NO9. The summed E-state index contributed by atoms with van der Waals surface area (Å²) in [5.41, 5.74) is 0. The van der Waals surface area contributed by atoms with E-state index in [0.717, 1.165) is 0 Å². The predicted octanol–water partition coefficient (Wildman–Crippen LogP) is -3.06. The van der Waals surface area contributed by atoms with Crippen LogP contribution < -0.4 is 5.32 Å². The lowest BCUT2D eigenvalue weighted by Crippen LogP contribution is -2.43. The number of rotatable bonds is 9. The Hall–Kier alpha value is -2.01. The smallest absolute Gasteiger partial charge is 0.296 e. The van der Waals surface area contributed by atoms with E-state index in [4.69, 9.17) is 14.6 Å². The Kier molecular flexibility index (Phi) is 7.10. The van der Waals surface area contributed by atoms with Gasteiger partial charge in [0.05, 0.1) is 13.0 Å². The van der Waals surface area contributed by atoms with E-state index in [-0.39, 0.29) is 23.7 Å². The van der Waals surface area contributed by atoms with Crippen molar-refractivity contribution in [1.29, 1.82) is 0 Å². The van der Waals surface area contributed by atoms with E-state index in [0.29, 0.717) is 0 Å². The van der Waals surface area contributed by atoms with Crippen molar-refractivity contribution in [1.82, 2.24) is 5.32 Å². The highest BCUT2D eigenvalue weighted by molar-refractivity contribution is 6.07. The van der Waals surface area contributed by atoms with Crippen molar-refractivity contribution in [2.75, 3.05) is 19.8 Å². The molecule has 1 aliphatic rings. The van der Waals surface area contributed by atoms with Gasteiger partial charge in [0, 0.05) is 0 Å². The van der Waals surface area contributed by atoms with Crippen LogP contribution in [0.2, 0.25) is 0 Å². The van der Waals surface area contributed by atoms with E-state index in [1.807, 2.05) is 5.32 Å². The van der Waals surface area contributed by atoms with Crippen LogP contribution in [0.15, 0.2) is 11.5 Å². The van der Waals surface area contributed by atoms with Crippen LogP contribution in [-0.2, 0) is 23.9 Å². The van der Waals surface area contributed by atoms with E-state index in [1.165, 1.54) is 6.92 Å². The molecule has 3 atom stereocenters. The number of aliphatic hydroxyl groups is 4. The molecule has 0 aromatic heterocycles. The van der Waals surface area contributed by atoms with Crippen molar-refractivity contribution < 1.29 is 44.3 Å². The summed E-state index contributed by atoms with van der Waals surface area (Å²) in [6.07, 6.45) is -5.20. The minimum atomic E-state index is -1.68. The van der Waals surface area contributed by atoms with Crippen LogP contribution >= 0.6 is 0 Å². The van der Waals surface area contributed by atoms with Gasteiger partial charge in [-0.2, -0.15) is 0 Å². The molecule has 1 heterocycles. The summed E-state index contributed by atoms with van der Waals surface area (Å²) >= 11 is 0. The molecule has 10 nitrogen and oxygen atoms in total. The van der Waals surface area contributed by atoms with Crippen molar-refractivity contribution in [3.8, 4) is 0 Å². The fraction of sp³-hybridized carbons (Fsp3) is 0.615. The Labute approximate surface area is 131 Å². The van der Waals surface area contributed by atoms with E-state index in [2.05, 4.69) is 0 Å². The molecule has 1 aliphatic heterocycles. The van der Waals surface area contributed by atoms with Gasteiger partial charge in [-0.15, -0.1) is 0 Å². The fourth-order valence-electron chi connectivity index (χ4n) is 1.67. The summed E-state index contributed by atoms with van der Waals surface area (Å²) in [5, 5.41) is 39.0. The maximum absolute atomic E-state index is 11.7. The highest BCUT2D eigenvalue weighted by atomic mass is 16.5. The van der Waals surface area contributed by atoms with E-state index in [1.54, 1.807) is 0 Å². The molecule has 10 heteroatoms. The lowest BCUT2D eigenvalue weighted by Gasteiger charge is -2.24. The summed E-state index contributed by atoms with van der Waals surface area (Å²) in [4.78, 5) is 33.9. The molecule has 0 aromatic carbocycles. The quantitative estimate of drug-likeness (QED) is 0.276. The molecule has 0 unspecified atom stereocenters. The lowest BCUT2D eigenvalue weighted by molar-refractivity contribution is -0.134. The van der Waals surface area contributed by atoms with Crippen molar-refractivity contribution in [2.24, 2.45) is 0 Å².